The zero-order valence-corrected chi connectivity index (χ0v) is 14.7. The summed E-state index contributed by atoms with van der Waals surface area (Å²) in [5.74, 6) is -1.16. The molecule has 4 rings (SSSR count). The SMILES string of the molecule is CC1=C(C2=CC(=O)OC2=O)C(C)C(c2ccccc2)=C1c1ccccc1. The Balaban J connectivity index is 1.95. The fraction of sp³-hybridized carbons (Fsp3) is 0.130. The van der Waals surface area contributed by atoms with Gasteiger partial charge in [-0.1, -0.05) is 67.6 Å². The van der Waals surface area contributed by atoms with Gasteiger partial charge in [-0.3, -0.25) is 0 Å². The van der Waals surface area contributed by atoms with Crippen LogP contribution in [0, 0.1) is 5.92 Å². The quantitative estimate of drug-likeness (QED) is 0.606. The smallest absolute Gasteiger partial charge is 0.346 e. The van der Waals surface area contributed by atoms with E-state index < -0.39 is 11.9 Å². The lowest BCUT2D eigenvalue weighted by molar-refractivity contribution is -0.150. The van der Waals surface area contributed by atoms with Crippen molar-refractivity contribution in [3.8, 4) is 0 Å². The molecule has 128 valence electrons. The minimum absolute atomic E-state index is 0.0164. The Morgan fingerprint density at radius 3 is 1.92 bits per heavy atom. The Kier molecular flexibility index (Phi) is 3.92. The average molecular weight is 342 g/mol. The van der Waals surface area contributed by atoms with Crippen molar-refractivity contribution >= 4 is 23.1 Å². The first kappa shape index (κ1) is 16.3. The summed E-state index contributed by atoms with van der Waals surface area (Å²) in [4.78, 5) is 23.8. The molecule has 26 heavy (non-hydrogen) atoms. The Bertz CT molecular complexity index is 992. The van der Waals surface area contributed by atoms with E-state index in [9.17, 15) is 9.59 Å². The van der Waals surface area contributed by atoms with Gasteiger partial charge >= 0.3 is 11.9 Å². The number of carbonyl (C=O) groups excluding carboxylic acids is 2. The minimum atomic E-state index is -0.591. The van der Waals surface area contributed by atoms with Gasteiger partial charge in [0.05, 0.1) is 5.57 Å². The maximum atomic E-state index is 12.2. The van der Waals surface area contributed by atoms with Gasteiger partial charge in [0, 0.05) is 12.0 Å². The van der Waals surface area contributed by atoms with Crippen LogP contribution in [0.1, 0.15) is 25.0 Å². The zero-order valence-electron chi connectivity index (χ0n) is 14.7. The van der Waals surface area contributed by atoms with Gasteiger partial charge in [-0.05, 0) is 40.3 Å². The second-order valence-electron chi connectivity index (χ2n) is 6.55. The van der Waals surface area contributed by atoms with Crippen molar-refractivity contribution in [2.24, 2.45) is 5.92 Å². The van der Waals surface area contributed by atoms with Crippen LogP contribution in [0.25, 0.3) is 11.1 Å². The molecule has 0 bridgehead atoms. The van der Waals surface area contributed by atoms with Gasteiger partial charge in [-0.15, -0.1) is 0 Å². The van der Waals surface area contributed by atoms with E-state index in [2.05, 4.69) is 31.2 Å². The third-order valence-electron chi connectivity index (χ3n) is 5.03. The standard InChI is InChI=1S/C23H18O3/c1-14-20(18-13-19(24)26-23(18)25)15(2)22(17-11-7-4-8-12-17)21(14)16-9-5-3-6-10-16/h3-14H,1-2H3. The summed E-state index contributed by atoms with van der Waals surface area (Å²) in [7, 11) is 0. The summed E-state index contributed by atoms with van der Waals surface area (Å²) in [5, 5.41) is 0. The average Bonchev–Trinajstić information content (AvgIpc) is 3.11. The number of esters is 2. The fourth-order valence-corrected chi connectivity index (χ4v) is 3.99. The number of hydrogen-bond acceptors (Lipinski definition) is 3. The van der Waals surface area contributed by atoms with Crippen molar-refractivity contribution in [2.45, 2.75) is 13.8 Å². The molecule has 3 heteroatoms. The molecular formula is C23H18O3. The van der Waals surface area contributed by atoms with Crippen molar-refractivity contribution in [3.63, 3.8) is 0 Å². The van der Waals surface area contributed by atoms with E-state index >= 15 is 0 Å². The molecular weight excluding hydrogens is 324 g/mol. The highest BCUT2D eigenvalue weighted by atomic mass is 16.6. The summed E-state index contributed by atoms with van der Waals surface area (Å²) < 4.78 is 4.74. The molecule has 2 aliphatic rings. The normalized spacial score (nSPS) is 19.9. The van der Waals surface area contributed by atoms with Crippen LogP contribution in [0.2, 0.25) is 0 Å². The Hall–Kier alpha value is -3.20. The summed E-state index contributed by atoms with van der Waals surface area (Å²) >= 11 is 0. The molecule has 0 fully saturated rings. The Morgan fingerprint density at radius 2 is 1.38 bits per heavy atom. The first-order valence-corrected chi connectivity index (χ1v) is 8.62. The number of ether oxygens (including phenoxy) is 1. The van der Waals surface area contributed by atoms with Gasteiger partial charge in [-0.25, -0.2) is 9.59 Å². The molecule has 3 nitrogen and oxygen atoms in total. The lowest BCUT2D eigenvalue weighted by Gasteiger charge is -2.15. The van der Waals surface area contributed by atoms with Crippen molar-refractivity contribution in [2.75, 3.05) is 0 Å². The van der Waals surface area contributed by atoms with E-state index in [1.807, 2.05) is 43.3 Å². The van der Waals surface area contributed by atoms with Crippen LogP contribution in [-0.2, 0) is 14.3 Å². The first-order valence-electron chi connectivity index (χ1n) is 8.62. The molecule has 1 aliphatic carbocycles. The van der Waals surface area contributed by atoms with Crippen LogP contribution in [0.5, 0.6) is 0 Å². The monoisotopic (exact) mass is 342 g/mol. The summed E-state index contributed by atoms with van der Waals surface area (Å²) in [6.07, 6.45) is 1.31. The molecule has 1 heterocycles. The van der Waals surface area contributed by atoms with E-state index in [0.29, 0.717) is 5.57 Å². The van der Waals surface area contributed by atoms with Crippen molar-refractivity contribution < 1.29 is 14.3 Å². The molecule has 2 aromatic carbocycles. The van der Waals surface area contributed by atoms with E-state index in [0.717, 1.165) is 33.4 Å². The van der Waals surface area contributed by atoms with Crippen LogP contribution in [0.4, 0.5) is 0 Å². The second-order valence-corrected chi connectivity index (χ2v) is 6.55. The van der Waals surface area contributed by atoms with Crippen LogP contribution >= 0.6 is 0 Å². The van der Waals surface area contributed by atoms with Crippen molar-refractivity contribution in [1.82, 2.24) is 0 Å². The lowest BCUT2D eigenvalue weighted by atomic mass is 9.87. The molecule has 1 unspecified atom stereocenters. The predicted molar refractivity (Wildman–Crippen MR) is 101 cm³/mol. The number of cyclic esters (lactones) is 2. The fourth-order valence-electron chi connectivity index (χ4n) is 3.99. The molecule has 0 saturated carbocycles. The van der Waals surface area contributed by atoms with Gasteiger partial charge < -0.3 is 4.74 Å². The van der Waals surface area contributed by atoms with Crippen LogP contribution < -0.4 is 0 Å². The zero-order chi connectivity index (χ0) is 18.3. The van der Waals surface area contributed by atoms with Crippen molar-refractivity contribution in [3.05, 3.63) is 94.6 Å². The van der Waals surface area contributed by atoms with Crippen LogP contribution in [-0.4, -0.2) is 11.9 Å². The molecule has 0 aromatic heterocycles. The third kappa shape index (κ3) is 2.53. The number of hydrogen-bond donors (Lipinski definition) is 0. The van der Waals surface area contributed by atoms with Gasteiger partial charge in [0.1, 0.15) is 0 Å². The van der Waals surface area contributed by atoms with Gasteiger partial charge in [-0.2, -0.15) is 0 Å². The van der Waals surface area contributed by atoms with Crippen LogP contribution in [0.3, 0.4) is 0 Å². The maximum absolute atomic E-state index is 12.2. The molecule has 2 aromatic rings. The molecule has 0 radical (unpaired) electrons. The predicted octanol–water partition coefficient (Wildman–Crippen LogP) is 4.57. The molecule has 1 atom stereocenters. The van der Waals surface area contributed by atoms with E-state index in [4.69, 9.17) is 4.74 Å². The highest BCUT2D eigenvalue weighted by molar-refractivity contribution is 6.15. The summed E-state index contributed by atoms with van der Waals surface area (Å²) in [6, 6.07) is 20.3. The van der Waals surface area contributed by atoms with E-state index in [-0.39, 0.29) is 5.92 Å². The largest absolute Gasteiger partial charge is 0.386 e. The summed E-state index contributed by atoms with van der Waals surface area (Å²) in [6.45, 7) is 4.09. The number of carbonyl (C=O) groups is 2. The van der Waals surface area contributed by atoms with E-state index in [1.165, 1.54) is 6.08 Å². The maximum Gasteiger partial charge on any atom is 0.346 e. The van der Waals surface area contributed by atoms with E-state index in [1.54, 1.807) is 0 Å². The van der Waals surface area contributed by atoms with Gasteiger partial charge in [0.2, 0.25) is 0 Å². The Morgan fingerprint density at radius 1 is 0.808 bits per heavy atom. The van der Waals surface area contributed by atoms with Gasteiger partial charge in [0.15, 0.2) is 0 Å². The van der Waals surface area contributed by atoms with Gasteiger partial charge in [0.25, 0.3) is 0 Å². The Labute approximate surface area is 152 Å². The third-order valence-corrected chi connectivity index (χ3v) is 5.03. The molecule has 1 aliphatic heterocycles. The van der Waals surface area contributed by atoms with Crippen LogP contribution in [0.15, 0.2) is 83.5 Å². The minimum Gasteiger partial charge on any atom is -0.386 e. The molecule has 0 amide bonds. The highest BCUT2D eigenvalue weighted by Gasteiger charge is 2.37. The first-order chi connectivity index (χ1) is 12.6. The molecule has 0 spiro atoms. The second kappa shape index (κ2) is 6.26. The lowest BCUT2D eigenvalue weighted by Crippen LogP contribution is -2.08. The molecule has 0 N–H and O–H groups in total. The number of rotatable bonds is 3. The van der Waals surface area contributed by atoms with Crippen molar-refractivity contribution in [1.29, 1.82) is 0 Å². The number of benzene rings is 2. The number of allylic oxidation sites excluding steroid dienone is 3. The topological polar surface area (TPSA) is 43.4 Å². The summed E-state index contributed by atoms with van der Waals surface area (Å²) in [5.41, 5.74) is 6.76. The highest BCUT2D eigenvalue weighted by Crippen LogP contribution is 2.49. The molecule has 0 saturated heterocycles.